The molecule has 1 aliphatic heterocycles. The molecule has 1 N–H and O–H groups in total. The number of ether oxygens (including phenoxy) is 1. The lowest BCUT2D eigenvalue weighted by molar-refractivity contribution is 0.0987. The fourth-order valence-corrected chi connectivity index (χ4v) is 4.28. The highest BCUT2D eigenvalue weighted by Gasteiger charge is 2.30. The van der Waals surface area contributed by atoms with Crippen LogP contribution in [-0.4, -0.2) is 25.9 Å². The van der Waals surface area contributed by atoms with Crippen LogP contribution in [0.1, 0.15) is 17.3 Å². The normalized spacial score (nSPS) is 13.2. The van der Waals surface area contributed by atoms with Gasteiger partial charge in [-0.2, -0.15) is 0 Å². The van der Waals surface area contributed by atoms with Crippen molar-refractivity contribution in [3.63, 3.8) is 0 Å². The van der Waals surface area contributed by atoms with Crippen LogP contribution in [0.25, 0.3) is 0 Å². The molecule has 2 aromatic carbocycles. The van der Waals surface area contributed by atoms with Crippen LogP contribution in [-0.2, 0) is 10.0 Å². The van der Waals surface area contributed by atoms with Gasteiger partial charge in [0.1, 0.15) is 11.6 Å². The van der Waals surface area contributed by atoms with Gasteiger partial charge in [-0.3, -0.25) is 14.4 Å². The highest BCUT2D eigenvalue weighted by molar-refractivity contribution is 7.92. The molecule has 0 saturated carbocycles. The summed E-state index contributed by atoms with van der Waals surface area (Å²) in [5.74, 6) is -0.365. The van der Waals surface area contributed by atoms with Gasteiger partial charge in [-0.1, -0.05) is 11.6 Å². The minimum absolute atomic E-state index is 0.0503. The predicted octanol–water partition coefficient (Wildman–Crippen LogP) is 4.45. The molecule has 0 spiro atoms. The first kappa shape index (κ1) is 20.1. The van der Waals surface area contributed by atoms with E-state index in [0.29, 0.717) is 18.1 Å². The van der Waals surface area contributed by atoms with Crippen LogP contribution in [0.4, 0.5) is 15.9 Å². The molecule has 0 unspecified atom stereocenters. The molecule has 0 atom stereocenters. The van der Waals surface area contributed by atoms with Crippen molar-refractivity contribution in [3.8, 4) is 11.5 Å². The fourth-order valence-electron chi connectivity index (χ4n) is 3.03. The van der Waals surface area contributed by atoms with E-state index in [2.05, 4.69) is 9.71 Å². The number of fused-ring (bicyclic) bond motifs is 2. The predicted molar refractivity (Wildman–Crippen MR) is 110 cm³/mol. The van der Waals surface area contributed by atoms with Crippen molar-refractivity contribution in [2.24, 2.45) is 0 Å². The number of carbonyl (C=O) groups is 1. The highest BCUT2D eigenvalue weighted by Crippen LogP contribution is 2.38. The molecule has 0 saturated heterocycles. The van der Waals surface area contributed by atoms with E-state index in [0.717, 1.165) is 6.07 Å². The molecule has 30 heavy (non-hydrogen) atoms. The van der Waals surface area contributed by atoms with Crippen molar-refractivity contribution < 1.29 is 22.3 Å². The van der Waals surface area contributed by atoms with Gasteiger partial charge in [-0.15, -0.1) is 0 Å². The Morgan fingerprint density at radius 2 is 1.97 bits per heavy atom. The van der Waals surface area contributed by atoms with E-state index in [4.69, 9.17) is 16.3 Å². The second kappa shape index (κ2) is 7.58. The third-order valence-corrected chi connectivity index (χ3v) is 6.05. The number of carbonyl (C=O) groups excluding carboxylic acids is 1. The lowest BCUT2D eigenvalue weighted by atomic mass is 10.2. The number of hydrogen-bond donors (Lipinski definition) is 1. The van der Waals surface area contributed by atoms with E-state index in [1.165, 1.54) is 41.4 Å². The monoisotopic (exact) mass is 447 g/mol. The second-order valence-corrected chi connectivity index (χ2v) is 8.48. The summed E-state index contributed by atoms with van der Waals surface area (Å²) in [6.07, 6.45) is 1.54. The molecule has 1 aromatic heterocycles. The summed E-state index contributed by atoms with van der Waals surface area (Å²) in [5.41, 5.74) is -0.210. The molecular formula is C20H15ClFN3O4S. The number of hydrogen-bond acceptors (Lipinski definition) is 5. The van der Waals surface area contributed by atoms with Gasteiger partial charge in [0.2, 0.25) is 0 Å². The Bertz CT molecular complexity index is 1270. The van der Waals surface area contributed by atoms with Crippen LogP contribution in [0.15, 0.2) is 59.6 Å². The molecule has 154 valence electrons. The van der Waals surface area contributed by atoms with Crippen molar-refractivity contribution in [1.29, 1.82) is 0 Å². The third-order valence-electron chi connectivity index (χ3n) is 4.46. The molecule has 2 heterocycles. The van der Waals surface area contributed by atoms with Crippen molar-refractivity contribution in [2.75, 3.05) is 16.2 Å². The van der Waals surface area contributed by atoms with Crippen LogP contribution in [0.3, 0.4) is 0 Å². The topological polar surface area (TPSA) is 88.6 Å². The first-order valence-corrected chi connectivity index (χ1v) is 10.7. The Morgan fingerprint density at radius 3 is 2.70 bits per heavy atom. The number of halogens is 2. The van der Waals surface area contributed by atoms with Crippen molar-refractivity contribution in [3.05, 3.63) is 71.1 Å². The number of nitrogens with one attached hydrogen (secondary N) is 1. The summed E-state index contributed by atoms with van der Waals surface area (Å²) in [4.78, 5) is 18.5. The molecule has 0 fully saturated rings. The summed E-state index contributed by atoms with van der Waals surface area (Å²) in [6, 6.07) is 10.8. The van der Waals surface area contributed by atoms with E-state index in [9.17, 15) is 17.6 Å². The zero-order valence-electron chi connectivity index (χ0n) is 15.6. The van der Waals surface area contributed by atoms with Gasteiger partial charge in [0.25, 0.3) is 15.9 Å². The van der Waals surface area contributed by atoms with E-state index in [1.807, 2.05) is 0 Å². The molecule has 0 bridgehead atoms. The summed E-state index contributed by atoms with van der Waals surface area (Å²) in [7, 11) is -4.18. The van der Waals surface area contributed by atoms with Crippen LogP contribution < -0.4 is 14.4 Å². The third kappa shape index (κ3) is 3.57. The first-order chi connectivity index (χ1) is 14.3. The average Bonchev–Trinajstić information content (AvgIpc) is 2.83. The lowest BCUT2D eigenvalue weighted by Gasteiger charge is -2.18. The molecule has 3 aromatic rings. The highest BCUT2D eigenvalue weighted by atomic mass is 35.5. The first-order valence-electron chi connectivity index (χ1n) is 8.87. The molecule has 0 radical (unpaired) electrons. The number of pyridine rings is 1. The summed E-state index contributed by atoms with van der Waals surface area (Å²) >= 11 is 5.70. The van der Waals surface area contributed by atoms with Gasteiger partial charge in [-0.25, -0.2) is 17.8 Å². The Hall–Kier alpha value is -3.17. The minimum Gasteiger partial charge on any atom is -0.453 e. The van der Waals surface area contributed by atoms with Gasteiger partial charge in [0, 0.05) is 17.8 Å². The van der Waals surface area contributed by atoms with Gasteiger partial charge in [0.15, 0.2) is 11.6 Å². The lowest BCUT2D eigenvalue weighted by Crippen LogP contribution is -2.30. The Kier molecular flexibility index (Phi) is 5.08. The van der Waals surface area contributed by atoms with E-state index in [1.54, 1.807) is 19.1 Å². The zero-order valence-corrected chi connectivity index (χ0v) is 17.2. The van der Waals surface area contributed by atoms with Crippen molar-refractivity contribution in [2.45, 2.75) is 11.8 Å². The molecule has 4 rings (SSSR count). The van der Waals surface area contributed by atoms with E-state index < -0.39 is 21.7 Å². The molecule has 1 amide bonds. The molecular weight excluding hydrogens is 433 g/mol. The van der Waals surface area contributed by atoms with Gasteiger partial charge >= 0.3 is 0 Å². The maximum atomic E-state index is 14.0. The number of sulfonamides is 1. The summed E-state index contributed by atoms with van der Waals surface area (Å²) < 4.78 is 47.6. The number of benzene rings is 2. The number of nitrogens with zero attached hydrogens (tertiary/aromatic N) is 2. The zero-order chi connectivity index (χ0) is 21.5. The quantitative estimate of drug-likeness (QED) is 0.638. The smallest absolute Gasteiger partial charge is 0.263 e. The van der Waals surface area contributed by atoms with Gasteiger partial charge < -0.3 is 4.74 Å². The molecule has 1 aliphatic rings. The second-order valence-electron chi connectivity index (χ2n) is 6.36. The largest absolute Gasteiger partial charge is 0.453 e. The van der Waals surface area contributed by atoms with Crippen molar-refractivity contribution in [1.82, 2.24) is 4.98 Å². The number of aromatic nitrogens is 1. The average molecular weight is 448 g/mol. The van der Waals surface area contributed by atoms with Gasteiger partial charge in [-0.05, 0) is 55.5 Å². The number of anilines is 2. The SMILES string of the molecule is CCN1C(=O)c2cc(S(=O)(=O)Nc3ccc(Cl)cc3F)ccc2Oc2cccnc21. The Balaban J connectivity index is 1.75. The molecule has 10 heteroatoms. The fraction of sp³-hybridized carbons (Fsp3) is 0.100. The number of amides is 1. The van der Waals surface area contributed by atoms with E-state index in [-0.39, 0.29) is 26.9 Å². The van der Waals surface area contributed by atoms with Crippen LogP contribution in [0.2, 0.25) is 5.02 Å². The Labute approximate surface area is 177 Å². The summed E-state index contributed by atoms with van der Waals surface area (Å²) in [5, 5.41) is 0.135. The van der Waals surface area contributed by atoms with E-state index >= 15 is 0 Å². The van der Waals surface area contributed by atoms with Crippen molar-refractivity contribution >= 4 is 39.0 Å². The molecule has 7 nitrogen and oxygen atoms in total. The van der Waals surface area contributed by atoms with Crippen LogP contribution >= 0.6 is 11.6 Å². The molecule has 0 aliphatic carbocycles. The maximum absolute atomic E-state index is 14.0. The number of rotatable bonds is 4. The minimum atomic E-state index is -4.18. The standard InChI is InChI=1S/C20H15ClFN3O4S/c1-2-25-19-18(4-3-9-23-19)29-17-8-6-13(11-14(17)20(25)26)30(27,28)24-16-7-5-12(21)10-15(16)22/h3-11,24H,2H2,1H3. The summed E-state index contributed by atoms with van der Waals surface area (Å²) in [6.45, 7) is 2.07. The maximum Gasteiger partial charge on any atom is 0.263 e. The Morgan fingerprint density at radius 1 is 1.17 bits per heavy atom. The van der Waals surface area contributed by atoms with Crippen LogP contribution in [0, 0.1) is 5.82 Å². The van der Waals surface area contributed by atoms with Gasteiger partial charge in [0.05, 0.1) is 16.1 Å². The van der Waals surface area contributed by atoms with Crippen LogP contribution in [0.5, 0.6) is 11.5 Å².